The van der Waals surface area contributed by atoms with E-state index in [9.17, 15) is 4.79 Å². The number of hydrogen-bond donors (Lipinski definition) is 0. The van der Waals surface area contributed by atoms with Crippen LogP contribution in [0.3, 0.4) is 0 Å². The number of likely N-dealkylation sites (N-methyl/N-ethyl adjacent to an activating group) is 1. The van der Waals surface area contributed by atoms with E-state index < -0.39 is 0 Å². The van der Waals surface area contributed by atoms with Crippen molar-refractivity contribution in [2.75, 3.05) is 26.2 Å². The first kappa shape index (κ1) is 17.4. The third-order valence-corrected chi connectivity index (χ3v) is 4.56. The van der Waals surface area contributed by atoms with Gasteiger partial charge in [-0.3, -0.25) is 9.88 Å². The maximum atomic E-state index is 12.7. The average Bonchev–Trinajstić information content (AvgIpc) is 2.69. The van der Waals surface area contributed by atoms with Crippen LogP contribution in [0.15, 0.2) is 60.3 Å². The third-order valence-electron chi connectivity index (χ3n) is 4.56. The fourth-order valence-electron chi connectivity index (χ4n) is 3.12. The largest absolute Gasteiger partial charge is 0.462 e. The standard InChI is InChI=1S/C21H24N2O2/c1-2-23-14-11-19(17-8-4-3-5-9-17)20(16-23)21(24)25-15-12-18-10-6-7-13-22-18/h3-10,13H,2,11-12,14-16H2,1H3. The lowest BCUT2D eigenvalue weighted by Gasteiger charge is -2.29. The molecule has 0 saturated heterocycles. The van der Waals surface area contributed by atoms with Gasteiger partial charge in [-0.2, -0.15) is 0 Å². The molecule has 0 fully saturated rings. The fourth-order valence-corrected chi connectivity index (χ4v) is 3.12. The van der Waals surface area contributed by atoms with Gasteiger partial charge in [0.25, 0.3) is 0 Å². The number of esters is 1. The maximum Gasteiger partial charge on any atom is 0.335 e. The summed E-state index contributed by atoms with van der Waals surface area (Å²) in [5.74, 6) is -0.201. The van der Waals surface area contributed by atoms with Gasteiger partial charge in [-0.25, -0.2) is 4.79 Å². The Balaban J connectivity index is 1.72. The van der Waals surface area contributed by atoms with Gasteiger partial charge in [-0.05, 0) is 36.2 Å². The summed E-state index contributed by atoms with van der Waals surface area (Å²) in [4.78, 5) is 19.3. The molecular weight excluding hydrogens is 312 g/mol. The Morgan fingerprint density at radius 3 is 2.68 bits per heavy atom. The molecule has 1 aromatic heterocycles. The molecule has 2 aromatic rings. The average molecular weight is 336 g/mol. The van der Waals surface area contributed by atoms with Crippen LogP contribution in [0, 0.1) is 0 Å². The second-order valence-corrected chi connectivity index (χ2v) is 6.15. The lowest BCUT2D eigenvalue weighted by Crippen LogP contribution is -2.34. The lowest BCUT2D eigenvalue weighted by molar-refractivity contribution is -0.139. The third kappa shape index (κ3) is 4.54. The highest BCUT2D eigenvalue weighted by Gasteiger charge is 2.25. The van der Waals surface area contributed by atoms with E-state index in [2.05, 4.69) is 28.9 Å². The van der Waals surface area contributed by atoms with E-state index in [-0.39, 0.29) is 5.97 Å². The van der Waals surface area contributed by atoms with Gasteiger partial charge >= 0.3 is 5.97 Å². The molecule has 0 unspecified atom stereocenters. The van der Waals surface area contributed by atoms with Gasteiger partial charge in [0.1, 0.15) is 0 Å². The molecule has 0 saturated carbocycles. The Kier molecular flexibility index (Phi) is 5.96. The van der Waals surface area contributed by atoms with Crippen LogP contribution in [0.25, 0.3) is 5.57 Å². The quantitative estimate of drug-likeness (QED) is 0.759. The number of carbonyl (C=O) groups is 1. The second-order valence-electron chi connectivity index (χ2n) is 6.15. The van der Waals surface area contributed by atoms with E-state index in [0.717, 1.165) is 41.9 Å². The molecular formula is C21H24N2O2. The summed E-state index contributed by atoms with van der Waals surface area (Å²) in [6.07, 6.45) is 3.27. The summed E-state index contributed by atoms with van der Waals surface area (Å²) >= 11 is 0. The number of aromatic nitrogens is 1. The van der Waals surface area contributed by atoms with Crippen LogP contribution in [-0.2, 0) is 16.0 Å². The van der Waals surface area contributed by atoms with Crippen LogP contribution in [0.2, 0.25) is 0 Å². The molecule has 0 spiro atoms. The van der Waals surface area contributed by atoms with Crippen LogP contribution < -0.4 is 0 Å². The van der Waals surface area contributed by atoms with Crippen LogP contribution in [-0.4, -0.2) is 42.1 Å². The molecule has 0 aliphatic carbocycles. The van der Waals surface area contributed by atoms with Crippen LogP contribution in [0.5, 0.6) is 0 Å². The zero-order valence-corrected chi connectivity index (χ0v) is 14.6. The van der Waals surface area contributed by atoms with E-state index in [1.807, 2.05) is 36.4 Å². The van der Waals surface area contributed by atoms with Crippen LogP contribution in [0.4, 0.5) is 0 Å². The van der Waals surface area contributed by atoms with E-state index in [1.54, 1.807) is 6.20 Å². The molecule has 25 heavy (non-hydrogen) atoms. The Morgan fingerprint density at radius 1 is 1.16 bits per heavy atom. The first-order valence-electron chi connectivity index (χ1n) is 8.84. The number of benzene rings is 1. The van der Waals surface area contributed by atoms with E-state index >= 15 is 0 Å². The Bertz CT molecular complexity index is 726. The van der Waals surface area contributed by atoms with E-state index in [1.165, 1.54) is 0 Å². The molecule has 0 radical (unpaired) electrons. The van der Waals surface area contributed by atoms with Gasteiger partial charge in [0, 0.05) is 31.4 Å². The normalized spacial score (nSPS) is 15.2. The molecule has 0 N–H and O–H groups in total. The molecule has 0 bridgehead atoms. The Labute approximate surface area is 149 Å². The predicted octanol–water partition coefficient (Wildman–Crippen LogP) is 3.35. The maximum absolute atomic E-state index is 12.7. The predicted molar refractivity (Wildman–Crippen MR) is 99.0 cm³/mol. The summed E-state index contributed by atoms with van der Waals surface area (Å²) in [6, 6.07) is 15.9. The van der Waals surface area contributed by atoms with Crippen molar-refractivity contribution < 1.29 is 9.53 Å². The first-order chi connectivity index (χ1) is 12.3. The van der Waals surface area contributed by atoms with Gasteiger partial charge in [-0.1, -0.05) is 43.3 Å². The molecule has 1 aliphatic heterocycles. The summed E-state index contributed by atoms with van der Waals surface area (Å²) < 4.78 is 5.57. The minimum absolute atomic E-state index is 0.201. The Hall–Kier alpha value is -2.46. The lowest BCUT2D eigenvalue weighted by atomic mass is 9.93. The minimum atomic E-state index is -0.201. The van der Waals surface area contributed by atoms with Crippen LogP contribution >= 0.6 is 0 Å². The molecule has 130 valence electrons. The smallest absolute Gasteiger partial charge is 0.335 e. The van der Waals surface area contributed by atoms with Crippen molar-refractivity contribution in [3.8, 4) is 0 Å². The van der Waals surface area contributed by atoms with Crippen LogP contribution in [0.1, 0.15) is 24.6 Å². The number of rotatable bonds is 6. The molecule has 4 heteroatoms. The zero-order valence-electron chi connectivity index (χ0n) is 14.6. The topological polar surface area (TPSA) is 42.4 Å². The van der Waals surface area contributed by atoms with Crippen molar-refractivity contribution in [2.45, 2.75) is 19.8 Å². The number of hydrogen-bond acceptors (Lipinski definition) is 4. The first-order valence-corrected chi connectivity index (χ1v) is 8.84. The summed E-state index contributed by atoms with van der Waals surface area (Å²) in [7, 11) is 0. The molecule has 0 amide bonds. The van der Waals surface area contributed by atoms with Crippen molar-refractivity contribution in [3.05, 3.63) is 71.6 Å². The van der Waals surface area contributed by atoms with E-state index in [0.29, 0.717) is 19.6 Å². The van der Waals surface area contributed by atoms with Crippen molar-refractivity contribution in [3.63, 3.8) is 0 Å². The molecule has 3 rings (SSSR count). The minimum Gasteiger partial charge on any atom is -0.462 e. The molecule has 2 heterocycles. The molecule has 4 nitrogen and oxygen atoms in total. The molecule has 1 aliphatic rings. The highest BCUT2D eigenvalue weighted by atomic mass is 16.5. The summed E-state index contributed by atoms with van der Waals surface area (Å²) in [6.45, 7) is 5.05. The van der Waals surface area contributed by atoms with Gasteiger partial charge in [-0.15, -0.1) is 0 Å². The Morgan fingerprint density at radius 2 is 1.96 bits per heavy atom. The van der Waals surface area contributed by atoms with Crippen molar-refractivity contribution in [1.29, 1.82) is 0 Å². The highest BCUT2D eigenvalue weighted by molar-refractivity contribution is 5.98. The van der Waals surface area contributed by atoms with Crippen molar-refractivity contribution in [2.24, 2.45) is 0 Å². The molecule has 1 aromatic carbocycles. The second kappa shape index (κ2) is 8.58. The van der Waals surface area contributed by atoms with E-state index in [4.69, 9.17) is 4.74 Å². The van der Waals surface area contributed by atoms with Gasteiger partial charge < -0.3 is 4.74 Å². The number of nitrogens with zero attached hydrogens (tertiary/aromatic N) is 2. The number of carbonyl (C=O) groups excluding carboxylic acids is 1. The molecule has 0 atom stereocenters. The van der Waals surface area contributed by atoms with Crippen molar-refractivity contribution in [1.82, 2.24) is 9.88 Å². The summed E-state index contributed by atoms with van der Waals surface area (Å²) in [5.41, 5.74) is 3.97. The fraction of sp³-hybridized carbons (Fsp3) is 0.333. The summed E-state index contributed by atoms with van der Waals surface area (Å²) in [5, 5.41) is 0. The highest BCUT2D eigenvalue weighted by Crippen LogP contribution is 2.28. The number of ether oxygens (including phenoxy) is 1. The van der Waals surface area contributed by atoms with Crippen molar-refractivity contribution >= 4 is 11.5 Å². The monoisotopic (exact) mass is 336 g/mol. The van der Waals surface area contributed by atoms with Gasteiger partial charge in [0.15, 0.2) is 0 Å². The van der Waals surface area contributed by atoms with Gasteiger partial charge in [0.2, 0.25) is 0 Å². The zero-order chi connectivity index (χ0) is 17.5. The SMILES string of the molecule is CCN1CCC(c2ccccc2)=C(C(=O)OCCc2ccccn2)C1. The van der Waals surface area contributed by atoms with Gasteiger partial charge in [0.05, 0.1) is 12.2 Å². The number of pyridine rings is 1.